The largest absolute Gasteiger partial charge is 0.476 e. The summed E-state index contributed by atoms with van der Waals surface area (Å²) in [7, 11) is 0. The molecule has 0 saturated heterocycles. The molecule has 142 valence electrons. The molecule has 0 bridgehead atoms. The number of carbonyl (C=O) groups excluding carboxylic acids is 1. The van der Waals surface area contributed by atoms with E-state index in [9.17, 15) is 31.1 Å². The first kappa shape index (κ1) is 20.9. The summed E-state index contributed by atoms with van der Waals surface area (Å²) in [6.45, 7) is 4.52. The number of rotatable bonds is 6. The van der Waals surface area contributed by atoms with Crippen LogP contribution in [0.2, 0.25) is 0 Å². The molecule has 0 fully saturated rings. The summed E-state index contributed by atoms with van der Waals surface area (Å²) in [5.41, 5.74) is -1.39. The summed E-state index contributed by atoms with van der Waals surface area (Å²) < 4.78 is 88.8. The Bertz CT molecular complexity index is 563. The number of benzene rings is 1. The van der Waals surface area contributed by atoms with E-state index in [4.69, 9.17) is 9.47 Å². The van der Waals surface area contributed by atoms with Crippen molar-refractivity contribution in [2.45, 2.75) is 44.8 Å². The van der Waals surface area contributed by atoms with E-state index < -0.39 is 35.8 Å². The average molecular weight is 374 g/mol. The van der Waals surface area contributed by atoms with Gasteiger partial charge in [-0.2, -0.15) is 26.3 Å². The van der Waals surface area contributed by atoms with Crippen LogP contribution in [0, 0.1) is 0 Å². The maximum absolute atomic E-state index is 12.4. The van der Waals surface area contributed by atoms with Gasteiger partial charge in [0.05, 0.1) is 6.61 Å². The molecule has 0 aliphatic rings. The van der Waals surface area contributed by atoms with E-state index in [1.807, 2.05) is 0 Å². The minimum Gasteiger partial charge on any atom is -0.476 e. The molecular formula is C15H16F6O4. The first-order chi connectivity index (χ1) is 11.3. The van der Waals surface area contributed by atoms with Gasteiger partial charge in [-0.15, -0.1) is 0 Å². The van der Waals surface area contributed by atoms with Crippen molar-refractivity contribution < 1.29 is 45.3 Å². The van der Waals surface area contributed by atoms with Crippen molar-refractivity contribution in [2.24, 2.45) is 0 Å². The quantitative estimate of drug-likeness (QED) is 0.551. The third-order valence-corrected chi connectivity index (χ3v) is 2.81. The number of halogens is 6. The number of hydrogen-bond acceptors (Lipinski definition) is 4. The predicted molar refractivity (Wildman–Crippen MR) is 74.3 cm³/mol. The van der Waals surface area contributed by atoms with Crippen molar-refractivity contribution >= 4 is 5.97 Å². The van der Waals surface area contributed by atoms with Crippen LogP contribution >= 0.6 is 0 Å². The molecule has 10 heteroatoms. The highest BCUT2D eigenvalue weighted by Crippen LogP contribution is 2.36. The molecule has 0 radical (unpaired) electrons. The van der Waals surface area contributed by atoms with Crippen molar-refractivity contribution in [3.63, 3.8) is 0 Å². The normalized spacial score (nSPS) is 12.9. The van der Waals surface area contributed by atoms with Crippen LogP contribution in [-0.4, -0.2) is 36.6 Å². The Hall–Kier alpha value is -2.13. The molecule has 0 saturated carbocycles. The van der Waals surface area contributed by atoms with Crippen LogP contribution in [0.5, 0.6) is 11.5 Å². The topological polar surface area (TPSA) is 44.8 Å². The van der Waals surface area contributed by atoms with Crippen LogP contribution in [0.25, 0.3) is 0 Å². The fourth-order valence-electron chi connectivity index (χ4n) is 1.68. The predicted octanol–water partition coefficient (Wildman–Crippen LogP) is 4.28. The molecule has 0 heterocycles. The smallest absolute Gasteiger partial charge is 0.434 e. The van der Waals surface area contributed by atoms with Gasteiger partial charge >= 0.3 is 18.3 Å². The van der Waals surface area contributed by atoms with Crippen molar-refractivity contribution in [3.8, 4) is 11.5 Å². The first-order valence-corrected chi connectivity index (χ1v) is 7.03. The number of alkyl halides is 6. The fourth-order valence-corrected chi connectivity index (χ4v) is 1.68. The zero-order chi connectivity index (χ0) is 19.5. The van der Waals surface area contributed by atoms with Crippen molar-refractivity contribution in [1.29, 1.82) is 0 Å². The summed E-state index contributed by atoms with van der Waals surface area (Å²) in [5, 5.41) is 0. The van der Waals surface area contributed by atoms with E-state index >= 15 is 0 Å². The summed E-state index contributed by atoms with van der Waals surface area (Å²) in [4.78, 5) is 11.7. The van der Waals surface area contributed by atoms with Gasteiger partial charge in [-0.1, -0.05) is 0 Å². The molecule has 0 atom stereocenters. The Morgan fingerprint density at radius 2 is 1.40 bits per heavy atom. The van der Waals surface area contributed by atoms with E-state index in [2.05, 4.69) is 4.74 Å². The van der Waals surface area contributed by atoms with Crippen molar-refractivity contribution in [2.75, 3.05) is 6.61 Å². The zero-order valence-electron chi connectivity index (χ0n) is 13.5. The number of carbonyl (C=O) groups is 1. The van der Waals surface area contributed by atoms with Crippen LogP contribution in [0.4, 0.5) is 26.3 Å². The van der Waals surface area contributed by atoms with Gasteiger partial charge in [0.25, 0.3) is 6.10 Å². The van der Waals surface area contributed by atoms with Gasteiger partial charge in [0.1, 0.15) is 11.5 Å². The van der Waals surface area contributed by atoms with Gasteiger partial charge in [-0.25, -0.2) is 4.79 Å². The van der Waals surface area contributed by atoms with E-state index in [1.165, 1.54) is 13.8 Å². The SMILES string of the molecule is CCOC(=O)C(C)(C)Oc1ccc(OC(C(F)(F)F)C(F)(F)F)cc1. The fraction of sp³-hybridized carbons (Fsp3) is 0.533. The summed E-state index contributed by atoms with van der Waals surface area (Å²) in [5.74, 6) is -1.29. The lowest BCUT2D eigenvalue weighted by atomic mass is 10.1. The van der Waals surface area contributed by atoms with E-state index in [-0.39, 0.29) is 12.4 Å². The molecule has 0 spiro atoms. The maximum Gasteiger partial charge on any atom is 0.434 e. The Kier molecular flexibility index (Phi) is 6.19. The number of ether oxygens (including phenoxy) is 3. The zero-order valence-corrected chi connectivity index (χ0v) is 13.5. The molecule has 0 unspecified atom stereocenters. The molecule has 0 aliphatic carbocycles. The molecule has 0 aliphatic heterocycles. The van der Waals surface area contributed by atoms with Gasteiger partial charge < -0.3 is 14.2 Å². The summed E-state index contributed by atoms with van der Waals surface area (Å²) >= 11 is 0. The molecule has 0 amide bonds. The first-order valence-electron chi connectivity index (χ1n) is 7.03. The van der Waals surface area contributed by atoms with Crippen molar-refractivity contribution in [3.05, 3.63) is 24.3 Å². The highest BCUT2D eigenvalue weighted by Gasteiger charge is 2.59. The Labute approximate surface area is 139 Å². The van der Waals surface area contributed by atoms with E-state index in [1.54, 1.807) is 6.92 Å². The van der Waals surface area contributed by atoms with Crippen LogP contribution < -0.4 is 9.47 Å². The second-order valence-corrected chi connectivity index (χ2v) is 5.39. The second kappa shape index (κ2) is 7.40. The summed E-state index contributed by atoms with van der Waals surface area (Å²) in [6, 6.07) is 3.92. The maximum atomic E-state index is 12.4. The monoisotopic (exact) mass is 374 g/mol. The minimum atomic E-state index is -5.61. The van der Waals surface area contributed by atoms with E-state index in [0.717, 1.165) is 24.3 Å². The third-order valence-electron chi connectivity index (χ3n) is 2.81. The van der Waals surface area contributed by atoms with Crippen LogP contribution in [0.1, 0.15) is 20.8 Å². The Morgan fingerprint density at radius 3 is 1.80 bits per heavy atom. The van der Waals surface area contributed by atoms with Gasteiger partial charge in [-0.3, -0.25) is 0 Å². The Morgan fingerprint density at radius 1 is 0.960 bits per heavy atom. The molecule has 0 N–H and O–H groups in total. The molecule has 1 aromatic rings. The molecule has 0 aromatic heterocycles. The Balaban J connectivity index is 2.87. The lowest BCUT2D eigenvalue weighted by molar-refractivity contribution is -0.299. The lowest BCUT2D eigenvalue weighted by Gasteiger charge is -2.25. The standard InChI is InChI=1S/C15H16F6O4/c1-4-23-12(22)13(2,3)25-10-7-5-9(6-8-10)24-11(14(16,17)18)15(19,20)21/h5-8,11H,4H2,1-3H3. The molecule has 4 nitrogen and oxygen atoms in total. The molecule has 1 aromatic carbocycles. The van der Waals surface area contributed by atoms with Gasteiger partial charge in [0, 0.05) is 0 Å². The highest BCUT2D eigenvalue weighted by atomic mass is 19.4. The highest BCUT2D eigenvalue weighted by molar-refractivity contribution is 5.79. The second-order valence-electron chi connectivity index (χ2n) is 5.39. The summed E-state index contributed by atoms with van der Waals surface area (Å²) in [6.07, 6.45) is -15.2. The average Bonchev–Trinajstić information content (AvgIpc) is 2.43. The molecule has 1 rings (SSSR count). The minimum absolute atomic E-state index is 0.0426. The van der Waals surface area contributed by atoms with Gasteiger partial charge in [-0.05, 0) is 45.0 Å². The lowest BCUT2D eigenvalue weighted by Crippen LogP contribution is -2.46. The van der Waals surface area contributed by atoms with Crippen molar-refractivity contribution in [1.82, 2.24) is 0 Å². The molecular weight excluding hydrogens is 358 g/mol. The molecule has 25 heavy (non-hydrogen) atoms. The van der Waals surface area contributed by atoms with Crippen LogP contribution in [-0.2, 0) is 9.53 Å². The number of esters is 1. The number of hydrogen-bond donors (Lipinski definition) is 0. The third kappa shape index (κ3) is 6.02. The van der Waals surface area contributed by atoms with Gasteiger partial charge in [0.15, 0.2) is 5.60 Å². The van der Waals surface area contributed by atoms with E-state index in [0.29, 0.717) is 0 Å². The van der Waals surface area contributed by atoms with Crippen LogP contribution in [0.15, 0.2) is 24.3 Å². The van der Waals surface area contributed by atoms with Crippen LogP contribution in [0.3, 0.4) is 0 Å². The van der Waals surface area contributed by atoms with Gasteiger partial charge in [0.2, 0.25) is 0 Å².